The van der Waals surface area contributed by atoms with Crippen LogP contribution in [0.25, 0.3) is 6.08 Å². The van der Waals surface area contributed by atoms with Crippen LogP contribution in [-0.2, 0) is 14.3 Å². The van der Waals surface area contributed by atoms with Gasteiger partial charge in [0, 0.05) is 6.08 Å². The summed E-state index contributed by atoms with van der Waals surface area (Å²) < 4.78 is 4.63. The van der Waals surface area contributed by atoms with Crippen LogP contribution in [0.1, 0.15) is 12.5 Å². The summed E-state index contributed by atoms with van der Waals surface area (Å²) >= 11 is 1.07. The van der Waals surface area contributed by atoms with Gasteiger partial charge < -0.3 is 4.74 Å². The smallest absolute Gasteiger partial charge is 0.331 e. The molecule has 1 fully saturated rings. The van der Waals surface area contributed by atoms with Gasteiger partial charge in [-0.05, 0) is 42.0 Å². The molecule has 2 aromatic rings. The molecule has 0 unspecified atom stereocenters. The van der Waals surface area contributed by atoms with Gasteiger partial charge in [-0.15, -0.1) is 5.10 Å². The highest BCUT2D eigenvalue weighted by atomic mass is 32.2. The zero-order valence-corrected chi connectivity index (χ0v) is 16.8. The quantitative estimate of drug-likeness (QED) is 0.322. The molecule has 146 valence electrons. The maximum Gasteiger partial charge on any atom is 0.331 e. The Morgan fingerprint density at radius 3 is 2.38 bits per heavy atom. The number of nitrogens with zero attached hydrogens (tertiary/aromatic N) is 3. The number of thioether (sulfide) groups is 1. The van der Waals surface area contributed by atoms with E-state index in [1.165, 1.54) is 12.0 Å². The predicted molar refractivity (Wildman–Crippen MR) is 118 cm³/mol. The van der Waals surface area contributed by atoms with Gasteiger partial charge in [-0.2, -0.15) is 5.10 Å². The summed E-state index contributed by atoms with van der Waals surface area (Å²) in [4.78, 5) is 26.0. The minimum absolute atomic E-state index is 0.228. The molecule has 0 atom stereocenters. The van der Waals surface area contributed by atoms with Crippen LogP contribution in [-0.4, -0.2) is 30.4 Å². The van der Waals surface area contributed by atoms with Crippen LogP contribution < -0.4 is 4.90 Å². The largest absolute Gasteiger partial charge is 0.466 e. The summed E-state index contributed by atoms with van der Waals surface area (Å²) in [6.07, 6.45) is 4.76. The van der Waals surface area contributed by atoms with E-state index in [4.69, 9.17) is 0 Å². The van der Waals surface area contributed by atoms with Crippen molar-refractivity contribution in [3.8, 4) is 0 Å². The Morgan fingerprint density at radius 2 is 1.72 bits per heavy atom. The van der Waals surface area contributed by atoms with Gasteiger partial charge in [0.2, 0.25) is 5.17 Å². The lowest BCUT2D eigenvalue weighted by atomic mass is 10.1. The van der Waals surface area contributed by atoms with Crippen molar-refractivity contribution in [3.05, 3.63) is 82.8 Å². The van der Waals surface area contributed by atoms with Crippen LogP contribution in [0.15, 0.2) is 87.4 Å². The van der Waals surface area contributed by atoms with E-state index in [1.807, 2.05) is 61.5 Å². The van der Waals surface area contributed by atoms with Crippen molar-refractivity contribution in [1.29, 1.82) is 0 Å². The van der Waals surface area contributed by atoms with E-state index < -0.39 is 5.97 Å². The van der Waals surface area contributed by atoms with E-state index in [0.717, 1.165) is 29.0 Å². The Hall–Kier alpha value is -3.45. The average Bonchev–Trinajstić information content (AvgIpc) is 3.04. The maximum absolute atomic E-state index is 12.8. The Bertz CT molecular complexity index is 1010. The number of carbonyl (C=O) groups is 2. The van der Waals surface area contributed by atoms with Gasteiger partial charge in [0.05, 0.1) is 23.9 Å². The number of para-hydroxylation sites is 1. The van der Waals surface area contributed by atoms with E-state index in [0.29, 0.717) is 10.9 Å². The van der Waals surface area contributed by atoms with Crippen LogP contribution in [0.2, 0.25) is 0 Å². The first-order chi connectivity index (χ1) is 14.1. The molecule has 0 aliphatic carbocycles. The fourth-order valence-corrected chi connectivity index (χ4v) is 3.43. The van der Waals surface area contributed by atoms with Crippen LogP contribution in [0.5, 0.6) is 0 Å². The van der Waals surface area contributed by atoms with Crippen LogP contribution in [0.3, 0.4) is 0 Å². The van der Waals surface area contributed by atoms with Gasteiger partial charge in [0.25, 0.3) is 5.91 Å². The lowest BCUT2D eigenvalue weighted by molar-refractivity contribution is -0.135. The highest BCUT2D eigenvalue weighted by Gasteiger charge is 2.35. The van der Waals surface area contributed by atoms with Crippen molar-refractivity contribution >= 4 is 46.8 Å². The standard InChI is InChI=1S/C22H19N3O3S/c1-16(13-17-9-5-3-6-10-17)15-23-24-22-25(18-11-7-4-8-12-18)21(27)19(29-22)14-20(26)28-2/h3-15H,1-2H3/b16-13+,19-14-,23-15+,24-22-. The Morgan fingerprint density at radius 1 is 1.07 bits per heavy atom. The third-order valence-corrected chi connectivity index (χ3v) is 4.83. The van der Waals surface area contributed by atoms with Crippen molar-refractivity contribution in [2.24, 2.45) is 10.2 Å². The van der Waals surface area contributed by atoms with Crippen LogP contribution in [0, 0.1) is 0 Å². The highest BCUT2D eigenvalue weighted by Crippen LogP contribution is 2.34. The van der Waals surface area contributed by atoms with E-state index in [9.17, 15) is 9.59 Å². The lowest BCUT2D eigenvalue weighted by Gasteiger charge is -2.14. The van der Waals surface area contributed by atoms with Crippen molar-refractivity contribution in [3.63, 3.8) is 0 Å². The Labute approximate surface area is 173 Å². The number of amides is 1. The second kappa shape index (κ2) is 9.66. The average molecular weight is 405 g/mol. The first kappa shape index (κ1) is 20.3. The molecule has 6 nitrogen and oxygen atoms in total. The SMILES string of the molecule is COC(=O)/C=C1\S\C(=N/N=C/C(C)=C/c2ccccc2)N(c2ccccc2)C1=O. The molecule has 1 heterocycles. The molecule has 29 heavy (non-hydrogen) atoms. The monoisotopic (exact) mass is 405 g/mol. The first-order valence-corrected chi connectivity index (χ1v) is 9.61. The molecule has 7 heteroatoms. The molecule has 1 saturated heterocycles. The zero-order valence-electron chi connectivity index (χ0n) is 16.0. The summed E-state index contributed by atoms with van der Waals surface area (Å²) in [5.74, 6) is -0.947. The minimum Gasteiger partial charge on any atom is -0.466 e. The molecule has 0 saturated carbocycles. The molecule has 2 aromatic carbocycles. The minimum atomic E-state index is -0.597. The number of carbonyl (C=O) groups excluding carboxylic acids is 2. The van der Waals surface area contributed by atoms with Gasteiger partial charge in [-0.3, -0.25) is 9.69 Å². The molecule has 1 amide bonds. The number of allylic oxidation sites excluding steroid dienone is 1. The molecule has 3 rings (SSSR count). The van der Waals surface area contributed by atoms with Gasteiger partial charge in [0.1, 0.15) is 0 Å². The summed E-state index contributed by atoms with van der Waals surface area (Å²) in [5, 5.41) is 8.71. The molecule has 0 bridgehead atoms. The number of methoxy groups -OCH3 is 1. The van der Waals surface area contributed by atoms with Crippen molar-refractivity contribution in [2.75, 3.05) is 12.0 Å². The summed E-state index contributed by atoms with van der Waals surface area (Å²) in [7, 11) is 1.26. The number of esters is 1. The Kier molecular flexibility index (Phi) is 6.76. The second-order valence-electron chi connectivity index (χ2n) is 6.04. The third kappa shape index (κ3) is 5.30. The molecule has 0 N–H and O–H groups in total. The summed E-state index contributed by atoms with van der Waals surface area (Å²) in [5.41, 5.74) is 2.61. The van der Waals surface area contributed by atoms with Gasteiger partial charge in [0.15, 0.2) is 0 Å². The van der Waals surface area contributed by atoms with Crippen LogP contribution in [0.4, 0.5) is 5.69 Å². The van der Waals surface area contributed by atoms with E-state index in [2.05, 4.69) is 14.9 Å². The molecule has 0 aromatic heterocycles. The molecule has 0 spiro atoms. The number of hydrogen-bond acceptors (Lipinski definition) is 6. The fourth-order valence-electron chi connectivity index (χ4n) is 2.53. The third-order valence-electron chi connectivity index (χ3n) is 3.87. The molecular formula is C22H19N3O3S. The first-order valence-electron chi connectivity index (χ1n) is 8.80. The van der Waals surface area contributed by atoms with Crippen molar-refractivity contribution in [1.82, 2.24) is 0 Å². The molecular weight excluding hydrogens is 386 g/mol. The Balaban J connectivity index is 1.88. The topological polar surface area (TPSA) is 71.3 Å². The predicted octanol–water partition coefficient (Wildman–Crippen LogP) is 4.27. The van der Waals surface area contributed by atoms with E-state index in [-0.39, 0.29) is 10.8 Å². The van der Waals surface area contributed by atoms with Gasteiger partial charge >= 0.3 is 5.97 Å². The number of rotatable bonds is 5. The number of hydrogen-bond donors (Lipinski definition) is 0. The lowest BCUT2D eigenvalue weighted by Crippen LogP contribution is -2.28. The second-order valence-corrected chi connectivity index (χ2v) is 7.05. The molecule has 1 aliphatic heterocycles. The van der Waals surface area contributed by atoms with Crippen molar-refractivity contribution in [2.45, 2.75) is 6.92 Å². The van der Waals surface area contributed by atoms with Gasteiger partial charge in [-0.25, -0.2) is 4.79 Å². The number of anilines is 1. The number of amidine groups is 1. The normalized spacial score (nSPS) is 17.5. The fraction of sp³-hybridized carbons (Fsp3) is 0.0909. The zero-order chi connectivity index (χ0) is 20.6. The highest BCUT2D eigenvalue weighted by molar-refractivity contribution is 8.19. The maximum atomic E-state index is 12.8. The van der Waals surface area contributed by atoms with E-state index in [1.54, 1.807) is 18.3 Å². The van der Waals surface area contributed by atoms with Crippen LogP contribution >= 0.6 is 11.8 Å². The van der Waals surface area contributed by atoms with E-state index >= 15 is 0 Å². The summed E-state index contributed by atoms with van der Waals surface area (Å²) in [6, 6.07) is 19.0. The summed E-state index contributed by atoms with van der Waals surface area (Å²) in [6.45, 7) is 1.92. The number of benzene rings is 2. The molecule has 1 aliphatic rings. The van der Waals surface area contributed by atoms with Crippen molar-refractivity contribution < 1.29 is 14.3 Å². The number of ether oxygens (including phenoxy) is 1. The van der Waals surface area contributed by atoms with Gasteiger partial charge in [-0.1, -0.05) is 54.6 Å². The molecule has 0 radical (unpaired) electrons.